The molecule has 1 aliphatic heterocycles. The van der Waals surface area contributed by atoms with Gasteiger partial charge in [-0.1, -0.05) is 18.2 Å². The first kappa shape index (κ1) is 17.6. The minimum absolute atomic E-state index is 0.00921. The fraction of sp³-hybridized carbons (Fsp3) is 0.111. The van der Waals surface area contributed by atoms with Crippen LogP contribution in [0.5, 0.6) is 5.88 Å². The van der Waals surface area contributed by atoms with Crippen molar-refractivity contribution in [1.29, 1.82) is 0 Å². The molecule has 0 saturated carbocycles. The van der Waals surface area contributed by atoms with E-state index in [-0.39, 0.29) is 22.5 Å². The zero-order valence-electron chi connectivity index (χ0n) is 13.8. The lowest BCUT2D eigenvalue weighted by Crippen LogP contribution is -2.28. The van der Waals surface area contributed by atoms with Gasteiger partial charge in [-0.25, -0.2) is 0 Å². The average molecular weight is 369 g/mol. The first-order chi connectivity index (χ1) is 12.3. The SMILES string of the molecule is C=CCn1c(O)c(C=C2C(=O)Nc3c(C)cccc3C2=O)c(=O)[nH]c1=S. The van der Waals surface area contributed by atoms with Crippen molar-refractivity contribution < 1.29 is 14.7 Å². The van der Waals surface area contributed by atoms with Crippen LogP contribution in [0.4, 0.5) is 5.69 Å². The highest BCUT2D eigenvalue weighted by Gasteiger charge is 2.30. The molecule has 2 heterocycles. The summed E-state index contributed by atoms with van der Waals surface area (Å²) in [6, 6.07) is 5.07. The first-order valence-corrected chi connectivity index (χ1v) is 8.10. The summed E-state index contributed by atoms with van der Waals surface area (Å²) in [6.07, 6.45) is 2.56. The van der Waals surface area contributed by atoms with Gasteiger partial charge in [0.05, 0.1) is 11.3 Å². The topological polar surface area (TPSA) is 104 Å². The molecule has 3 rings (SSSR count). The third-order valence-corrected chi connectivity index (χ3v) is 4.37. The summed E-state index contributed by atoms with van der Waals surface area (Å²) in [6.45, 7) is 5.49. The number of rotatable bonds is 3. The maximum atomic E-state index is 12.7. The van der Waals surface area contributed by atoms with Crippen LogP contribution in [-0.2, 0) is 11.3 Å². The highest BCUT2D eigenvalue weighted by Crippen LogP contribution is 2.29. The molecule has 0 radical (unpaired) electrons. The van der Waals surface area contributed by atoms with Crippen LogP contribution in [0.3, 0.4) is 0 Å². The quantitative estimate of drug-likeness (QED) is 0.333. The lowest BCUT2D eigenvalue weighted by Gasteiger charge is -2.20. The number of nitrogens with zero attached hydrogens (tertiary/aromatic N) is 1. The molecule has 0 bridgehead atoms. The van der Waals surface area contributed by atoms with Gasteiger partial charge in [0.15, 0.2) is 4.77 Å². The van der Waals surface area contributed by atoms with E-state index in [9.17, 15) is 19.5 Å². The molecule has 0 spiro atoms. The van der Waals surface area contributed by atoms with Crippen LogP contribution in [0.25, 0.3) is 6.08 Å². The molecule has 132 valence electrons. The van der Waals surface area contributed by atoms with Gasteiger partial charge in [0.25, 0.3) is 11.5 Å². The van der Waals surface area contributed by atoms with E-state index in [1.54, 1.807) is 25.1 Å². The molecular weight excluding hydrogens is 354 g/mol. The van der Waals surface area contributed by atoms with Crippen LogP contribution < -0.4 is 10.9 Å². The molecular formula is C18H15N3O4S. The number of ketones is 1. The van der Waals surface area contributed by atoms with Crippen LogP contribution in [0, 0.1) is 11.7 Å². The molecule has 3 N–H and O–H groups in total. The lowest BCUT2D eigenvalue weighted by atomic mass is 9.93. The Balaban J connectivity index is 2.20. The number of amides is 1. The molecule has 0 saturated heterocycles. The van der Waals surface area contributed by atoms with Gasteiger partial charge in [0, 0.05) is 12.1 Å². The molecule has 7 nitrogen and oxygen atoms in total. The molecule has 1 amide bonds. The van der Waals surface area contributed by atoms with E-state index in [0.717, 1.165) is 11.6 Å². The number of aryl methyl sites for hydroxylation is 1. The summed E-state index contributed by atoms with van der Waals surface area (Å²) in [5.74, 6) is -1.61. The van der Waals surface area contributed by atoms with Gasteiger partial charge < -0.3 is 10.4 Å². The van der Waals surface area contributed by atoms with Crippen molar-refractivity contribution >= 4 is 35.7 Å². The van der Waals surface area contributed by atoms with E-state index in [2.05, 4.69) is 16.9 Å². The van der Waals surface area contributed by atoms with Crippen LogP contribution in [-0.4, -0.2) is 26.3 Å². The van der Waals surface area contributed by atoms with E-state index < -0.39 is 23.1 Å². The number of allylic oxidation sites excluding steroid dienone is 1. The number of aromatic nitrogens is 2. The molecule has 0 atom stereocenters. The number of carbonyl (C=O) groups excluding carboxylic acids is 2. The fourth-order valence-electron chi connectivity index (χ4n) is 2.73. The van der Waals surface area contributed by atoms with E-state index in [1.165, 1.54) is 10.6 Å². The minimum Gasteiger partial charge on any atom is -0.494 e. The number of fused-ring (bicyclic) bond motifs is 1. The Morgan fingerprint density at radius 2 is 2.04 bits per heavy atom. The van der Waals surface area contributed by atoms with Gasteiger partial charge in [-0.05, 0) is 36.8 Å². The predicted molar refractivity (Wildman–Crippen MR) is 99.9 cm³/mol. The minimum atomic E-state index is -0.698. The number of carbonyl (C=O) groups is 2. The number of benzene rings is 1. The standard InChI is InChI=1S/C18H15N3O4S/c1-3-7-21-17(25)12(16(24)20-18(21)26)8-11-14(22)10-6-4-5-9(2)13(10)19-15(11)23/h3-6,8,25H,1,7H2,2H3,(H,19,23)(H,20,24,26). The van der Waals surface area contributed by atoms with Gasteiger partial charge in [-0.2, -0.15) is 0 Å². The highest BCUT2D eigenvalue weighted by molar-refractivity contribution is 7.71. The molecule has 0 aliphatic carbocycles. The Morgan fingerprint density at radius 1 is 1.31 bits per heavy atom. The summed E-state index contributed by atoms with van der Waals surface area (Å²) in [5, 5.41) is 13.0. The summed E-state index contributed by atoms with van der Waals surface area (Å²) in [5.41, 5.74) is 0.353. The molecule has 8 heteroatoms. The van der Waals surface area contributed by atoms with Gasteiger partial charge in [-0.15, -0.1) is 6.58 Å². The van der Waals surface area contributed by atoms with Gasteiger partial charge in [0.2, 0.25) is 11.7 Å². The van der Waals surface area contributed by atoms with Gasteiger partial charge >= 0.3 is 0 Å². The second-order valence-corrected chi connectivity index (χ2v) is 6.12. The molecule has 2 aromatic rings. The zero-order chi connectivity index (χ0) is 19.0. The predicted octanol–water partition coefficient (Wildman–Crippen LogP) is 2.32. The molecule has 0 fully saturated rings. The second kappa shape index (κ2) is 6.57. The molecule has 26 heavy (non-hydrogen) atoms. The smallest absolute Gasteiger partial charge is 0.262 e. The first-order valence-electron chi connectivity index (χ1n) is 7.69. The van der Waals surface area contributed by atoms with Gasteiger partial charge in [-0.3, -0.25) is 23.9 Å². The van der Waals surface area contributed by atoms with Crippen LogP contribution in [0.1, 0.15) is 21.5 Å². The number of Topliss-reactive ketones (excluding diaryl/α,β-unsaturated/α-hetero) is 1. The average Bonchev–Trinajstić information content (AvgIpc) is 2.59. The molecule has 1 aromatic carbocycles. The second-order valence-electron chi connectivity index (χ2n) is 5.73. The number of hydrogen-bond acceptors (Lipinski definition) is 5. The number of H-pyrrole nitrogens is 1. The van der Waals surface area contributed by atoms with Crippen molar-refractivity contribution in [1.82, 2.24) is 9.55 Å². The number of nitrogens with one attached hydrogen (secondary N) is 2. The van der Waals surface area contributed by atoms with Crippen molar-refractivity contribution in [3.63, 3.8) is 0 Å². The van der Waals surface area contributed by atoms with E-state index in [0.29, 0.717) is 11.3 Å². The van der Waals surface area contributed by atoms with Crippen LogP contribution >= 0.6 is 12.2 Å². The number of anilines is 1. The van der Waals surface area contributed by atoms with Gasteiger partial charge in [0.1, 0.15) is 5.56 Å². The van der Waals surface area contributed by atoms with Crippen LogP contribution in [0.15, 0.2) is 41.2 Å². The number of hydrogen-bond donors (Lipinski definition) is 3. The number of aromatic amines is 1. The monoisotopic (exact) mass is 369 g/mol. The zero-order valence-corrected chi connectivity index (χ0v) is 14.6. The normalized spacial score (nSPS) is 14.9. The Bertz CT molecular complexity index is 1110. The Labute approximate surface area is 153 Å². The van der Waals surface area contributed by atoms with Crippen molar-refractivity contribution in [3.05, 3.63) is 68.2 Å². The van der Waals surface area contributed by atoms with E-state index in [1.807, 2.05) is 0 Å². The molecule has 1 aliphatic rings. The van der Waals surface area contributed by atoms with Crippen molar-refractivity contribution in [3.8, 4) is 5.88 Å². The van der Waals surface area contributed by atoms with Crippen LogP contribution in [0.2, 0.25) is 0 Å². The lowest BCUT2D eigenvalue weighted by molar-refractivity contribution is -0.112. The summed E-state index contributed by atoms with van der Waals surface area (Å²) in [4.78, 5) is 39.7. The number of aromatic hydroxyl groups is 1. The van der Waals surface area contributed by atoms with Crippen molar-refractivity contribution in [2.24, 2.45) is 0 Å². The molecule has 0 unspecified atom stereocenters. The van der Waals surface area contributed by atoms with E-state index >= 15 is 0 Å². The third-order valence-electron chi connectivity index (χ3n) is 4.05. The number of para-hydroxylation sites is 1. The largest absolute Gasteiger partial charge is 0.494 e. The Morgan fingerprint density at radius 3 is 2.73 bits per heavy atom. The Kier molecular flexibility index (Phi) is 4.43. The van der Waals surface area contributed by atoms with Crippen molar-refractivity contribution in [2.75, 3.05) is 5.32 Å². The highest BCUT2D eigenvalue weighted by atomic mass is 32.1. The maximum absolute atomic E-state index is 12.7. The van der Waals surface area contributed by atoms with E-state index in [4.69, 9.17) is 12.2 Å². The molecule has 1 aromatic heterocycles. The third kappa shape index (κ3) is 2.80. The van der Waals surface area contributed by atoms with Crippen molar-refractivity contribution in [2.45, 2.75) is 13.5 Å². The summed E-state index contributed by atoms with van der Waals surface area (Å²) < 4.78 is 1.24. The summed E-state index contributed by atoms with van der Waals surface area (Å²) in [7, 11) is 0. The Hall–Kier alpha value is -3.26. The fourth-order valence-corrected chi connectivity index (χ4v) is 2.98. The maximum Gasteiger partial charge on any atom is 0.262 e. The summed E-state index contributed by atoms with van der Waals surface area (Å²) >= 11 is 5.00.